The number of hydrogen-bond acceptors (Lipinski definition) is 7. The lowest BCUT2D eigenvalue weighted by Gasteiger charge is -2.31. The Balaban J connectivity index is 1.75. The number of nitrogens with one attached hydrogen (secondary N) is 1. The lowest BCUT2D eigenvalue weighted by atomic mass is 9.94. The molecule has 4 rings (SSSR count). The van der Waals surface area contributed by atoms with Crippen molar-refractivity contribution in [2.24, 2.45) is 0 Å². The van der Waals surface area contributed by atoms with Gasteiger partial charge in [0.25, 0.3) is 11.7 Å². The average Bonchev–Trinajstić information content (AvgIpc) is 3.28. The molecule has 1 amide bonds. The predicted molar refractivity (Wildman–Crippen MR) is 117 cm³/mol. The third-order valence-electron chi connectivity index (χ3n) is 6.10. The molecule has 2 aliphatic rings. The zero-order valence-electron chi connectivity index (χ0n) is 18.6. The van der Waals surface area contributed by atoms with E-state index in [1.54, 1.807) is 38.0 Å². The number of aliphatic hydroxyl groups excluding tert-OH is 1. The summed E-state index contributed by atoms with van der Waals surface area (Å²) < 4.78 is 10.6. The molecule has 2 aromatic rings. The Morgan fingerprint density at radius 2 is 1.88 bits per heavy atom. The molecule has 0 radical (unpaired) electrons. The number of Topliss-reactive ketones (excluding diaryl/α,β-unsaturated/α-hetero) is 1. The summed E-state index contributed by atoms with van der Waals surface area (Å²) in [4.78, 5) is 30.0. The number of aryl methyl sites for hydroxylation is 2. The Labute approximate surface area is 186 Å². The summed E-state index contributed by atoms with van der Waals surface area (Å²) in [6, 6.07) is 6.51. The van der Waals surface area contributed by atoms with E-state index in [0.717, 1.165) is 18.7 Å². The molecule has 1 aromatic heterocycles. The molecule has 0 unspecified atom stereocenters. The van der Waals surface area contributed by atoms with Crippen LogP contribution < -0.4 is 4.74 Å². The number of aromatic nitrogens is 2. The van der Waals surface area contributed by atoms with E-state index in [1.165, 1.54) is 0 Å². The first-order valence-corrected chi connectivity index (χ1v) is 10.7. The van der Waals surface area contributed by atoms with Crippen LogP contribution in [-0.2, 0) is 14.3 Å². The smallest absolute Gasteiger partial charge is 0.295 e. The number of morpholine rings is 1. The first-order chi connectivity index (χ1) is 15.4. The molecule has 2 aliphatic heterocycles. The quantitative estimate of drug-likeness (QED) is 0.401. The van der Waals surface area contributed by atoms with Gasteiger partial charge in [0.1, 0.15) is 11.5 Å². The number of likely N-dealkylation sites (tertiary alicyclic amines) is 1. The Kier molecular flexibility index (Phi) is 6.29. The topological polar surface area (TPSA) is 108 Å². The Morgan fingerprint density at radius 3 is 2.47 bits per heavy atom. The van der Waals surface area contributed by atoms with Gasteiger partial charge in [0, 0.05) is 31.9 Å². The number of amides is 1. The molecular weight excluding hydrogens is 412 g/mol. The highest BCUT2D eigenvalue weighted by Gasteiger charge is 2.46. The highest BCUT2D eigenvalue weighted by Crippen LogP contribution is 2.40. The summed E-state index contributed by atoms with van der Waals surface area (Å²) in [6.07, 6.45) is 0. The minimum atomic E-state index is -0.698. The van der Waals surface area contributed by atoms with Gasteiger partial charge in [0.2, 0.25) is 0 Å². The van der Waals surface area contributed by atoms with Crippen molar-refractivity contribution in [2.45, 2.75) is 19.9 Å². The molecule has 9 nitrogen and oxygen atoms in total. The number of nitrogens with zero attached hydrogens (tertiary/aromatic N) is 3. The molecule has 0 saturated carbocycles. The number of rotatable bonds is 6. The summed E-state index contributed by atoms with van der Waals surface area (Å²) in [5.74, 6) is -0.841. The van der Waals surface area contributed by atoms with Crippen LogP contribution in [0.4, 0.5) is 0 Å². The average molecular weight is 441 g/mol. The van der Waals surface area contributed by atoms with Crippen molar-refractivity contribution in [1.29, 1.82) is 0 Å². The second-order valence-electron chi connectivity index (χ2n) is 8.03. The lowest BCUT2D eigenvalue weighted by Crippen LogP contribution is -2.42. The second kappa shape index (κ2) is 9.13. The number of methoxy groups -OCH3 is 1. The fraction of sp³-hybridized carbons (Fsp3) is 0.435. The third-order valence-corrected chi connectivity index (χ3v) is 6.10. The highest BCUT2D eigenvalue weighted by atomic mass is 16.5. The van der Waals surface area contributed by atoms with Gasteiger partial charge in [0.15, 0.2) is 0 Å². The molecule has 0 spiro atoms. The van der Waals surface area contributed by atoms with Gasteiger partial charge in [-0.1, -0.05) is 12.1 Å². The van der Waals surface area contributed by atoms with Crippen LogP contribution in [0, 0.1) is 13.8 Å². The first kappa shape index (κ1) is 22.0. The number of carbonyl (C=O) groups is 2. The highest BCUT2D eigenvalue weighted by molar-refractivity contribution is 6.46. The minimum absolute atomic E-state index is 0.0785. The number of ketones is 1. The number of aliphatic hydroxyl groups is 1. The van der Waals surface area contributed by atoms with Crippen molar-refractivity contribution in [3.63, 3.8) is 0 Å². The van der Waals surface area contributed by atoms with E-state index in [4.69, 9.17) is 9.47 Å². The fourth-order valence-corrected chi connectivity index (χ4v) is 4.35. The van der Waals surface area contributed by atoms with Gasteiger partial charge in [-0.25, -0.2) is 0 Å². The molecule has 1 aromatic carbocycles. The molecule has 0 aliphatic carbocycles. The van der Waals surface area contributed by atoms with E-state index in [2.05, 4.69) is 15.1 Å². The van der Waals surface area contributed by atoms with Crippen LogP contribution in [0.1, 0.15) is 28.6 Å². The summed E-state index contributed by atoms with van der Waals surface area (Å²) in [5, 5.41) is 18.1. The van der Waals surface area contributed by atoms with E-state index < -0.39 is 17.7 Å². The van der Waals surface area contributed by atoms with E-state index in [0.29, 0.717) is 49.0 Å². The van der Waals surface area contributed by atoms with Gasteiger partial charge in [-0.15, -0.1) is 0 Å². The van der Waals surface area contributed by atoms with E-state index >= 15 is 0 Å². The normalized spacial score (nSPS) is 21.3. The number of hydrogen-bond donors (Lipinski definition) is 2. The summed E-state index contributed by atoms with van der Waals surface area (Å²) >= 11 is 0. The molecule has 32 heavy (non-hydrogen) atoms. The van der Waals surface area contributed by atoms with Crippen molar-refractivity contribution in [3.05, 3.63) is 52.4 Å². The lowest BCUT2D eigenvalue weighted by molar-refractivity contribution is -0.140. The van der Waals surface area contributed by atoms with E-state index in [1.807, 2.05) is 12.1 Å². The van der Waals surface area contributed by atoms with Gasteiger partial charge >= 0.3 is 0 Å². The summed E-state index contributed by atoms with van der Waals surface area (Å²) in [5.41, 5.74) is 2.46. The van der Waals surface area contributed by atoms with Gasteiger partial charge < -0.3 is 19.5 Å². The summed E-state index contributed by atoms with van der Waals surface area (Å²) in [7, 11) is 1.58. The van der Waals surface area contributed by atoms with E-state index in [9.17, 15) is 14.7 Å². The molecule has 2 saturated heterocycles. The zero-order chi connectivity index (χ0) is 22.8. The molecule has 2 fully saturated rings. The van der Waals surface area contributed by atoms with Gasteiger partial charge in [-0.3, -0.25) is 19.6 Å². The Bertz CT molecular complexity index is 1020. The van der Waals surface area contributed by atoms with Crippen molar-refractivity contribution in [1.82, 2.24) is 20.0 Å². The molecule has 0 bridgehead atoms. The van der Waals surface area contributed by atoms with Gasteiger partial charge in [-0.2, -0.15) is 5.10 Å². The van der Waals surface area contributed by atoms with Crippen molar-refractivity contribution in [3.8, 4) is 5.75 Å². The van der Waals surface area contributed by atoms with Crippen LogP contribution in [0.15, 0.2) is 29.8 Å². The van der Waals surface area contributed by atoms with E-state index in [-0.39, 0.29) is 11.3 Å². The largest absolute Gasteiger partial charge is 0.507 e. The predicted octanol–water partition coefficient (Wildman–Crippen LogP) is 1.79. The van der Waals surface area contributed by atoms with Crippen LogP contribution in [0.5, 0.6) is 5.75 Å². The maximum absolute atomic E-state index is 13.1. The third kappa shape index (κ3) is 4.01. The van der Waals surface area contributed by atoms with Crippen LogP contribution in [0.3, 0.4) is 0 Å². The first-order valence-electron chi connectivity index (χ1n) is 10.7. The molecule has 2 N–H and O–H groups in total. The Morgan fingerprint density at radius 1 is 1.19 bits per heavy atom. The van der Waals surface area contributed by atoms with Crippen LogP contribution >= 0.6 is 0 Å². The molecule has 3 heterocycles. The Hall–Kier alpha value is -3.17. The maximum Gasteiger partial charge on any atom is 0.295 e. The molecule has 9 heteroatoms. The number of benzene rings is 1. The van der Waals surface area contributed by atoms with Crippen LogP contribution in [0.25, 0.3) is 5.76 Å². The molecule has 1 atom stereocenters. The number of ether oxygens (including phenoxy) is 2. The van der Waals surface area contributed by atoms with Crippen LogP contribution in [0.2, 0.25) is 0 Å². The van der Waals surface area contributed by atoms with Crippen molar-refractivity contribution < 1.29 is 24.2 Å². The van der Waals surface area contributed by atoms with Gasteiger partial charge in [-0.05, 0) is 31.5 Å². The second-order valence-corrected chi connectivity index (χ2v) is 8.03. The number of H-pyrrole nitrogens is 1. The van der Waals surface area contributed by atoms with Gasteiger partial charge in [0.05, 0.1) is 43.2 Å². The zero-order valence-corrected chi connectivity index (χ0v) is 18.6. The SMILES string of the molecule is COc1ccc([C@@H]2/C(=C(\O)c3c(C)n[nH]c3C)C(=O)C(=O)N2CCN2CCOCC2)cc1. The van der Waals surface area contributed by atoms with Crippen LogP contribution in [-0.4, -0.2) is 83.3 Å². The van der Waals surface area contributed by atoms with Crippen molar-refractivity contribution >= 4 is 17.4 Å². The number of aromatic amines is 1. The molecular formula is C23H28N4O5. The molecule has 170 valence electrons. The standard InChI is InChI=1S/C23H28N4O5/c1-14-18(15(2)25-24-14)21(28)19-20(16-4-6-17(31-3)7-5-16)27(23(30)22(19)29)9-8-26-10-12-32-13-11-26/h4-7,20,28H,8-13H2,1-3H3,(H,24,25)/b21-19+/t20-/m1/s1. The fourth-order valence-electron chi connectivity index (χ4n) is 4.35. The number of carbonyl (C=O) groups excluding carboxylic acids is 2. The monoisotopic (exact) mass is 440 g/mol. The maximum atomic E-state index is 13.1. The summed E-state index contributed by atoms with van der Waals surface area (Å²) in [6.45, 7) is 7.37. The van der Waals surface area contributed by atoms with Crippen molar-refractivity contribution in [2.75, 3.05) is 46.5 Å². The minimum Gasteiger partial charge on any atom is -0.507 e.